The zero-order valence-electron chi connectivity index (χ0n) is 11.9. The van der Waals surface area contributed by atoms with Gasteiger partial charge < -0.3 is 4.98 Å². The van der Waals surface area contributed by atoms with Gasteiger partial charge in [0.05, 0.1) is 17.2 Å². The average Bonchev–Trinajstić information content (AvgIpc) is 2.96. The Balaban J connectivity index is 2.01. The van der Waals surface area contributed by atoms with Gasteiger partial charge >= 0.3 is 6.18 Å². The Labute approximate surface area is 130 Å². The maximum atomic E-state index is 12.6. The molecule has 0 saturated carbocycles. The predicted molar refractivity (Wildman–Crippen MR) is 83.2 cm³/mol. The van der Waals surface area contributed by atoms with Crippen molar-refractivity contribution in [3.05, 3.63) is 71.4 Å². The van der Waals surface area contributed by atoms with Crippen LogP contribution in [0.2, 0.25) is 0 Å². The Morgan fingerprint density at radius 3 is 2.39 bits per heavy atom. The van der Waals surface area contributed by atoms with E-state index in [1.807, 2.05) is 24.3 Å². The first-order valence-corrected chi connectivity index (χ1v) is 6.84. The summed E-state index contributed by atoms with van der Waals surface area (Å²) < 4.78 is 37.7. The minimum absolute atomic E-state index is 0.391. The molecule has 114 valence electrons. The first kappa shape index (κ1) is 14.9. The van der Waals surface area contributed by atoms with Crippen molar-refractivity contribution in [2.24, 2.45) is 0 Å². The largest absolute Gasteiger partial charge is 0.416 e. The number of benzene rings is 2. The molecule has 0 aliphatic heterocycles. The standard InChI is InChI=1S/C18H11F3N2/c19-18(20,21)14-7-5-12(6-8-14)9-13(10-22)16-11-23-17-4-2-1-3-15(16)17/h1-9,11,23H/b13-9+. The van der Waals surface area contributed by atoms with E-state index in [4.69, 9.17) is 0 Å². The van der Waals surface area contributed by atoms with Crippen molar-refractivity contribution in [1.29, 1.82) is 5.26 Å². The molecule has 1 heterocycles. The first-order chi connectivity index (χ1) is 11.0. The molecule has 0 unspecified atom stereocenters. The highest BCUT2D eigenvalue weighted by atomic mass is 19.4. The van der Waals surface area contributed by atoms with Crippen LogP contribution in [-0.2, 0) is 6.18 Å². The number of nitrogens with zero attached hydrogens (tertiary/aromatic N) is 1. The highest BCUT2D eigenvalue weighted by Gasteiger charge is 2.29. The molecule has 2 aromatic carbocycles. The van der Waals surface area contributed by atoms with Gasteiger partial charge in [-0.15, -0.1) is 0 Å². The number of nitrogens with one attached hydrogen (secondary N) is 1. The second-order valence-corrected chi connectivity index (χ2v) is 5.04. The third-order valence-electron chi connectivity index (χ3n) is 3.55. The Hall–Kier alpha value is -3.00. The predicted octanol–water partition coefficient (Wildman–Crippen LogP) is 5.25. The molecule has 0 radical (unpaired) electrons. The average molecular weight is 312 g/mol. The number of para-hydroxylation sites is 1. The van der Waals surface area contributed by atoms with E-state index in [-0.39, 0.29) is 0 Å². The van der Waals surface area contributed by atoms with Crippen LogP contribution < -0.4 is 0 Å². The summed E-state index contributed by atoms with van der Waals surface area (Å²) in [4.78, 5) is 3.08. The van der Waals surface area contributed by atoms with E-state index in [9.17, 15) is 18.4 Å². The summed E-state index contributed by atoms with van der Waals surface area (Å²) in [7, 11) is 0. The quantitative estimate of drug-likeness (QED) is 0.645. The van der Waals surface area contributed by atoms with Crippen LogP contribution >= 0.6 is 0 Å². The summed E-state index contributed by atoms with van der Waals surface area (Å²) in [6.45, 7) is 0. The molecule has 1 aromatic heterocycles. The van der Waals surface area contributed by atoms with Crippen LogP contribution in [0.5, 0.6) is 0 Å². The van der Waals surface area contributed by atoms with Crippen LogP contribution in [0.3, 0.4) is 0 Å². The summed E-state index contributed by atoms with van der Waals surface area (Å²) in [5.41, 5.74) is 1.85. The molecule has 3 rings (SSSR count). The van der Waals surface area contributed by atoms with Crippen LogP contribution in [0, 0.1) is 11.3 Å². The molecular weight excluding hydrogens is 301 g/mol. The highest BCUT2D eigenvalue weighted by molar-refractivity contribution is 6.01. The summed E-state index contributed by atoms with van der Waals surface area (Å²) in [6.07, 6.45) is -1.06. The van der Waals surface area contributed by atoms with Gasteiger partial charge in [-0.05, 0) is 29.8 Å². The maximum Gasteiger partial charge on any atom is 0.416 e. The molecule has 0 bridgehead atoms. The van der Waals surface area contributed by atoms with Crippen molar-refractivity contribution in [2.45, 2.75) is 6.18 Å². The fourth-order valence-electron chi connectivity index (χ4n) is 2.40. The Morgan fingerprint density at radius 2 is 1.74 bits per heavy atom. The van der Waals surface area contributed by atoms with Gasteiger partial charge in [0.1, 0.15) is 0 Å². The van der Waals surface area contributed by atoms with Gasteiger partial charge in [0.25, 0.3) is 0 Å². The number of aromatic amines is 1. The number of allylic oxidation sites excluding steroid dienone is 1. The van der Waals surface area contributed by atoms with Crippen molar-refractivity contribution in [2.75, 3.05) is 0 Å². The number of fused-ring (bicyclic) bond motifs is 1. The molecule has 0 aliphatic rings. The second-order valence-electron chi connectivity index (χ2n) is 5.04. The lowest BCUT2D eigenvalue weighted by atomic mass is 10.0. The van der Waals surface area contributed by atoms with Crippen molar-refractivity contribution in [1.82, 2.24) is 4.98 Å². The zero-order valence-corrected chi connectivity index (χ0v) is 11.9. The number of hydrogen-bond acceptors (Lipinski definition) is 1. The lowest BCUT2D eigenvalue weighted by Crippen LogP contribution is -2.03. The number of halogens is 3. The van der Waals surface area contributed by atoms with Crippen LogP contribution in [0.15, 0.2) is 54.7 Å². The number of hydrogen-bond donors (Lipinski definition) is 1. The third kappa shape index (κ3) is 2.97. The number of nitriles is 1. The molecular formula is C18H11F3N2. The van der Waals surface area contributed by atoms with E-state index in [2.05, 4.69) is 11.1 Å². The zero-order chi connectivity index (χ0) is 16.4. The van der Waals surface area contributed by atoms with Gasteiger partial charge in [0, 0.05) is 22.7 Å². The lowest BCUT2D eigenvalue weighted by molar-refractivity contribution is -0.137. The molecule has 0 amide bonds. The van der Waals surface area contributed by atoms with Crippen molar-refractivity contribution in [3.8, 4) is 6.07 Å². The summed E-state index contributed by atoms with van der Waals surface area (Å²) >= 11 is 0. The van der Waals surface area contributed by atoms with Gasteiger partial charge in [-0.25, -0.2) is 0 Å². The maximum absolute atomic E-state index is 12.6. The third-order valence-corrected chi connectivity index (χ3v) is 3.55. The van der Waals surface area contributed by atoms with E-state index in [1.54, 1.807) is 12.3 Å². The van der Waals surface area contributed by atoms with Gasteiger partial charge in [0.15, 0.2) is 0 Å². The van der Waals surface area contributed by atoms with Crippen LogP contribution in [-0.4, -0.2) is 4.98 Å². The smallest absolute Gasteiger partial charge is 0.361 e. The molecule has 23 heavy (non-hydrogen) atoms. The SMILES string of the molecule is N#C/C(=C\c1ccc(C(F)(F)F)cc1)c1c[nH]c2ccccc12. The number of H-pyrrole nitrogens is 1. The van der Waals surface area contributed by atoms with E-state index < -0.39 is 11.7 Å². The first-order valence-electron chi connectivity index (χ1n) is 6.84. The topological polar surface area (TPSA) is 39.6 Å². The Kier molecular flexibility index (Phi) is 3.67. The Morgan fingerprint density at radius 1 is 1.04 bits per heavy atom. The van der Waals surface area contributed by atoms with Gasteiger partial charge in [-0.3, -0.25) is 0 Å². The molecule has 0 fully saturated rings. The molecule has 0 saturated heterocycles. The van der Waals surface area contributed by atoms with Gasteiger partial charge in [0.2, 0.25) is 0 Å². The molecule has 0 aliphatic carbocycles. The van der Waals surface area contributed by atoms with Crippen LogP contribution in [0.4, 0.5) is 13.2 Å². The van der Waals surface area contributed by atoms with E-state index >= 15 is 0 Å². The monoisotopic (exact) mass is 312 g/mol. The molecule has 0 atom stereocenters. The van der Waals surface area contributed by atoms with Gasteiger partial charge in [-0.2, -0.15) is 18.4 Å². The minimum atomic E-state index is -4.36. The fraction of sp³-hybridized carbons (Fsp3) is 0.0556. The lowest BCUT2D eigenvalue weighted by Gasteiger charge is -2.06. The number of alkyl halides is 3. The molecule has 0 spiro atoms. The van der Waals surface area contributed by atoms with E-state index in [0.29, 0.717) is 11.1 Å². The minimum Gasteiger partial charge on any atom is -0.361 e. The van der Waals surface area contributed by atoms with Crippen LogP contribution in [0.1, 0.15) is 16.7 Å². The summed E-state index contributed by atoms with van der Waals surface area (Å²) in [6, 6.07) is 14.4. The van der Waals surface area contributed by atoms with Crippen LogP contribution in [0.25, 0.3) is 22.6 Å². The number of aromatic nitrogens is 1. The van der Waals surface area contributed by atoms with E-state index in [1.165, 1.54) is 12.1 Å². The second kappa shape index (κ2) is 5.65. The normalized spacial score (nSPS) is 12.3. The molecule has 3 aromatic rings. The van der Waals surface area contributed by atoms with Crippen molar-refractivity contribution < 1.29 is 13.2 Å². The number of rotatable bonds is 2. The van der Waals surface area contributed by atoms with Crippen molar-refractivity contribution in [3.63, 3.8) is 0 Å². The van der Waals surface area contributed by atoms with Gasteiger partial charge in [-0.1, -0.05) is 30.3 Å². The Bertz CT molecular complexity index is 910. The summed E-state index contributed by atoms with van der Waals surface area (Å²) in [5, 5.41) is 10.3. The molecule has 2 nitrogen and oxygen atoms in total. The highest BCUT2D eigenvalue weighted by Crippen LogP contribution is 2.30. The summed E-state index contributed by atoms with van der Waals surface area (Å²) in [5.74, 6) is 0. The molecule has 5 heteroatoms. The van der Waals surface area contributed by atoms with Crippen molar-refractivity contribution >= 4 is 22.6 Å². The fourth-order valence-corrected chi connectivity index (χ4v) is 2.40. The molecule has 1 N–H and O–H groups in total. The van der Waals surface area contributed by atoms with E-state index in [0.717, 1.165) is 28.6 Å².